The molecule has 1 aromatic carbocycles. The summed E-state index contributed by atoms with van der Waals surface area (Å²) in [4.78, 5) is 0. The summed E-state index contributed by atoms with van der Waals surface area (Å²) in [5.74, 6) is 0.0428. The maximum absolute atomic E-state index is 9.19. The molecule has 0 unspecified atom stereocenters. The molecule has 0 radical (unpaired) electrons. The number of rotatable bonds is 0. The highest BCUT2D eigenvalue weighted by atomic mass is 127. The Morgan fingerprint density at radius 2 is 1.92 bits per heavy atom. The number of aromatic hydroxyl groups is 2. The number of fused-ring (bicyclic) bond motifs is 1. The third-order valence-electron chi connectivity index (χ3n) is 1.54. The fourth-order valence-corrected chi connectivity index (χ4v) is 1.82. The van der Waals surface area contributed by atoms with Crippen LogP contribution in [0, 0.1) is 3.57 Å². The second-order valence-corrected chi connectivity index (χ2v) is 3.59. The molecule has 12 heavy (non-hydrogen) atoms. The van der Waals surface area contributed by atoms with E-state index in [0.717, 1.165) is 3.57 Å². The quantitative estimate of drug-likeness (QED) is 0.727. The van der Waals surface area contributed by atoms with E-state index in [2.05, 4.69) is 0 Å². The predicted octanol–water partition coefficient (Wildman–Crippen LogP) is 2.45. The van der Waals surface area contributed by atoms with Crippen molar-refractivity contribution in [1.82, 2.24) is 0 Å². The van der Waals surface area contributed by atoms with Crippen LogP contribution in [-0.2, 0) is 0 Å². The fraction of sp³-hybridized carbons (Fsp3) is 0. The van der Waals surface area contributed by atoms with Crippen molar-refractivity contribution < 1.29 is 14.6 Å². The van der Waals surface area contributed by atoms with Crippen molar-refractivity contribution in [2.75, 3.05) is 0 Å². The van der Waals surface area contributed by atoms with Crippen molar-refractivity contribution in [2.24, 2.45) is 0 Å². The van der Waals surface area contributed by atoms with E-state index in [-0.39, 0.29) is 11.7 Å². The molecule has 0 saturated heterocycles. The van der Waals surface area contributed by atoms with Crippen LogP contribution < -0.4 is 0 Å². The van der Waals surface area contributed by atoms with E-state index in [9.17, 15) is 5.11 Å². The molecular formula is C8H5IO3. The summed E-state index contributed by atoms with van der Waals surface area (Å²) in [6.45, 7) is 0. The zero-order valence-electron chi connectivity index (χ0n) is 5.91. The van der Waals surface area contributed by atoms with Crippen LogP contribution in [0.3, 0.4) is 0 Å². The normalized spacial score (nSPS) is 10.8. The lowest BCUT2D eigenvalue weighted by molar-refractivity contribution is 0.346. The molecule has 62 valence electrons. The number of furan rings is 1. The molecule has 1 aromatic heterocycles. The van der Waals surface area contributed by atoms with Crippen molar-refractivity contribution >= 4 is 33.6 Å². The second-order valence-electron chi connectivity index (χ2n) is 2.43. The van der Waals surface area contributed by atoms with Crippen molar-refractivity contribution in [2.45, 2.75) is 0 Å². The smallest absolute Gasteiger partial charge is 0.282 e. The predicted molar refractivity (Wildman–Crippen MR) is 52.3 cm³/mol. The Bertz CT molecular complexity index is 433. The lowest BCUT2D eigenvalue weighted by Crippen LogP contribution is -1.71. The summed E-state index contributed by atoms with van der Waals surface area (Å²) in [6, 6.07) is 4.59. The molecule has 2 N–H and O–H groups in total. The Balaban J connectivity index is 2.88. The SMILES string of the molecule is Oc1cc(I)c2oc(O)cc2c1. The van der Waals surface area contributed by atoms with Crippen LogP contribution in [0.5, 0.6) is 11.7 Å². The highest BCUT2D eigenvalue weighted by Crippen LogP contribution is 2.31. The second kappa shape index (κ2) is 2.55. The summed E-state index contributed by atoms with van der Waals surface area (Å²) in [5, 5.41) is 18.9. The topological polar surface area (TPSA) is 53.6 Å². The maximum atomic E-state index is 9.19. The molecule has 0 aliphatic carbocycles. The molecule has 0 spiro atoms. The van der Waals surface area contributed by atoms with Crippen LogP contribution in [0.15, 0.2) is 22.6 Å². The maximum Gasteiger partial charge on any atom is 0.282 e. The van der Waals surface area contributed by atoms with Gasteiger partial charge in [-0.15, -0.1) is 0 Å². The first-order chi connectivity index (χ1) is 5.66. The monoisotopic (exact) mass is 276 g/mol. The van der Waals surface area contributed by atoms with Gasteiger partial charge in [-0.3, -0.25) is 0 Å². The van der Waals surface area contributed by atoms with Crippen LogP contribution in [0.2, 0.25) is 0 Å². The van der Waals surface area contributed by atoms with Crippen LogP contribution >= 0.6 is 22.6 Å². The number of phenols is 1. The first kappa shape index (κ1) is 7.72. The summed E-state index contributed by atoms with van der Waals surface area (Å²) in [6.07, 6.45) is 0. The number of phenolic OH excluding ortho intramolecular Hbond substituents is 1. The van der Waals surface area contributed by atoms with Crippen LogP contribution in [0.25, 0.3) is 11.0 Å². The highest BCUT2D eigenvalue weighted by Gasteiger charge is 2.06. The van der Waals surface area contributed by atoms with Gasteiger partial charge in [-0.1, -0.05) is 0 Å². The van der Waals surface area contributed by atoms with Gasteiger partial charge in [0.15, 0.2) is 5.58 Å². The van der Waals surface area contributed by atoms with Gasteiger partial charge in [0, 0.05) is 11.5 Å². The van der Waals surface area contributed by atoms with E-state index in [1.165, 1.54) is 6.07 Å². The highest BCUT2D eigenvalue weighted by molar-refractivity contribution is 14.1. The number of halogens is 1. The molecule has 0 atom stereocenters. The number of benzene rings is 1. The Labute approximate surface area is 81.8 Å². The van der Waals surface area contributed by atoms with E-state index in [4.69, 9.17) is 9.52 Å². The summed E-state index contributed by atoms with van der Waals surface area (Å²) >= 11 is 2.03. The van der Waals surface area contributed by atoms with E-state index < -0.39 is 0 Å². The van der Waals surface area contributed by atoms with Crippen molar-refractivity contribution in [3.63, 3.8) is 0 Å². The molecule has 1 heterocycles. The first-order valence-corrected chi connectivity index (χ1v) is 4.36. The van der Waals surface area contributed by atoms with E-state index in [1.54, 1.807) is 12.1 Å². The average Bonchev–Trinajstić information content (AvgIpc) is 2.29. The van der Waals surface area contributed by atoms with Crippen LogP contribution in [0.1, 0.15) is 0 Å². The van der Waals surface area contributed by atoms with Gasteiger partial charge in [0.2, 0.25) is 0 Å². The zero-order chi connectivity index (χ0) is 8.72. The average molecular weight is 276 g/mol. The van der Waals surface area contributed by atoms with Gasteiger partial charge in [-0.05, 0) is 34.7 Å². The molecule has 2 aromatic rings. The standard InChI is InChI=1S/C8H5IO3/c9-6-3-5(10)1-4-2-7(11)12-8(4)6/h1-3,10-11H. The first-order valence-electron chi connectivity index (χ1n) is 3.28. The molecule has 2 rings (SSSR count). The summed E-state index contributed by atoms with van der Waals surface area (Å²) < 4.78 is 5.77. The largest absolute Gasteiger partial charge is 0.508 e. The molecule has 0 aliphatic heterocycles. The number of hydrogen-bond acceptors (Lipinski definition) is 3. The van der Waals surface area contributed by atoms with Gasteiger partial charge in [-0.25, -0.2) is 0 Å². The molecule has 0 bridgehead atoms. The van der Waals surface area contributed by atoms with Crippen LogP contribution in [-0.4, -0.2) is 10.2 Å². The number of hydrogen-bond donors (Lipinski definition) is 2. The fourth-order valence-electron chi connectivity index (χ4n) is 1.08. The molecule has 0 saturated carbocycles. The van der Waals surface area contributed by atoms with Crippen LogP contribution in [0.4, 0.5) is 0 Å². The summed E-state index contributed by atoms with van der Waals surface area (Å²) in [7, 11) is 0. The van der Waals surface area contributed by atoms with Gasteiger partial charge in [-0.2, -0.15) is 0 Å². The molecular weight excluding hydrogens is 271 g/mol. The van der Waals surface area contributed by atoms with Crippen molar-refractivity contribution in [3.05, 3.63) is 21.8 Å². The van der Waals surface area contributed by atoms with Gasteiger partial charge in [0.05, 0.1) is 3.57 Å². The third kappa shape index (κ3) is 1.12. The van der Waals surface area contributed by atoms with Gasteiger partial charge >= 0.3 is 0 Å². The van der Waals surface area contributed by atoms with E-state index in [1.807, 2.05) is 22.6 Å². The molecule has 3 nitrogen and oxygen atoms in total. The molecule has 0 fully saturated rings. The van der Waals surface area contributed by atoms with Gasteiger partial charge in [0.25, 0.3) is 5.95 Å². The minimum atomic E-state index is -0.131. The lowest BCUT2D eigenvalue weighted by atomic mass is 10.2. The van der Waals surface area contributed by atoms with Gasteiger partial charge in [0.1, 0.15) is 5.75 Å². The summed E-state index contributed by atoms with van der Waals surface area (Å²) in [5.41, 5.74) is 0.603. The molecule has 0 amide bonds. The lowest BCUT2D eigenvalue weighted by Gasteiger charge is -1.93. The minimum absolute atomic E-state index is 0.131. The molecule has 0 aliphatic rings. The Hall–Kier alpha value is -0.910. The third-order valence-corrected chi connectivity index (χ3v) is 2.34. The Kier molecular flexibility index (Phi) is 1.64. The van der Waals surface area contributed by atoms with Crippen molar-refractivity contribution in [3.8, 4) is 11.7 Å². The zero-order valence-corrected chi connectivity index (χ0v) is 8.07. The van der Waals surface area contributed by atoms with Crippen molar-refractivity contribution in [1.29, 1.82) is 0 Å². The van der Waals surface area contributed by atoms with Gasteiger partial charge < -0.3 is 14.6 Å². The Morgan fingerprint density at radius 3 is 2.67 bits per heavy atom. The molecule has 4 heteroatoms. The van der Waals surface area contributed by atoms with E-state index >= 15 is 0 Å². The minimum Gasteiger partial charge on any atom is -0.508 e. The Morgan fingerprint density at radius 1 is 1.17 bits per heavy atom. The van der Waals surface area contributed by atoms with E-state index in [0.29, 0.717) is 11.0 Å².